The number of anilines is 1. The lowest BCUT2D eigenvalue weighted by molar-refractivity contribution is 0.102. The largest absolute Gasteiger partial charge is 0.335 e. The van der Waals surface area contributed by atoms with Crippen molar-refractivity contribution in [2.24, 2.45) is 0 Å². The van der Waals surface area contributed by atoms with Gasteiger partial charge in [-0.15, -0.1) is 0 Å². The second-order valence-corrected chi connectivity index (χ2v) is 8.53. The van der Waals surface area contributed by atoms with Gasteiger partial charge in [0.2, 0.25) is 0 Å². The molecule has 1 amide bonds. The van der Waals surface area contributed by atoms with Crippen LogP contribution in [0.5, 0.6) is 0 Å². The third kappa shape index (κ3) is 7.75. The molecular formula is C21H26BrN2O4P. The van der Waals surface area contributed by atoms with E-state index in [1.54, 1.807) is 56.3 Å². The van der Waals surface area contributed by atoms with Crippen molar-refractivity contribution in [1.29, 1.82) is 5.26 Å². The Hall–Kier alpha value is -1.97. The summed E-state index contributed by atoms with van der Waals surface area (Å²) in [6.45, 7) is 8.12. The van der Waals surface area contributed by atoms with Crippen LogP contribution in [0.3, 0.4) is 0 Å². The van der Waals surface area contributed by atoms with Crippen molar-refractivity contribution < 1.29 is 18.4 Å². The Morgan fingerprint density at radius 3 is 2.21 bits per heavy atom. The first-order valence-corrected chi connectivity index (χ1v) is 11.9. The second-order valence-electron chi connectivity index (χ2n) is 5.56. The number of carbonyl (C=O) groups excluding carboxylic acids is 1. The molecule has 1 N–H and O–H groups in total. The molecule has 0 radical (unpaired) electrons. The van der Waals surface area contributed by atoms with Crippen LogP contribution in [0.25, 0.3) is 0 Å². The number of rotatable bonds is 8. The SMILES string of the molecule is CC.CCOP(=O)(Cc1ccc(C(=O)Nc2ccc(Br)cc2C#N)cc1)OCC. The van der Waals surface area contributed by atoms with Crippen molar-refractivity contribution in [2.45, 2.75) is 33.9 Å². The summed E-state index contributed by atoms with van der Waals surface area (Å²) in [5.74, 6) is -0.335. The quantitative estimate of drug-likeness (QED) is 0.443. The highest BCUT2D eigenvalue weighted by Crippen LogP contribution is 2.51. The number of amides is 1. The first-order chi connectivity index (χ1) is 13.9. The third-order valence-electron chi connectivity index (χ3n) is 3.59. The molecule has 0 saturated carbocycles. The van der Waals surface area contributed by atoms with Crippen molar-refractivity contribution in [1.82, 2.24) is 0 Å². The van der Waals surface area contributed by atoms with Gasteiger partial charge in [-0.3, -0.25) is 9.36 Å². The molecule has 0 aliphatic heterocycles. The molecule has 0 fully saturated rings. The Labute approximate surface area is 180 Å². The first kappa shape index (κ1) is 25.1. The minimum Gasteiger partial charge on any atom is -0.321 e. The van der Waals surface area contributed by atoms with Gasteiger partial charge >= 0.3 is 7.60 Å². The Morgan fingerprint density at radius 2 is 1.69 bits per heavy atom. The van der Waals surface area contributed by atoms with Gasteiger partial charge in [0.1, 0.15) is 6.07 Å². The first-order valence-electron chi connectivity index (χ1n) is 9.39. The molecule has 0 saturated heterocycles. The molecule has 156 valence electrons. The Bertz CT molecular complexity index is 885. The summed E-state index contributed by atoms with van der Waals surface area (Å²) in [4.78, 5) is 12.4. The number of nitrogens with one attached hydrogen (secondary N) is 1. The van der Waals surface area contributed by atoms with Gasteiger partial charge in [0.25, 0.3) is 5.91 Å². The molecule has 0 aliphatic carbocycles. The normalized spacial score (nSPS) is 10.5. The van der Waals surface area contributed by atoms with E-state index in [0.29, 0.717) is 30.0 Å². The van der Waals surface area contributed by atoms with Crippen LogP contribution < -0.4 is 5.32 Å². The molecule has 0 spiro atoms. The number of hydrogen-bond acceptors (Lipinski definition) is 5. The van der Waals surface area contributed by atoms with E-state index in [4.69, 9.17) is 9.05 Å². The van der Waals surface area contributed by atoms with Gasteiger partial charge in [0, 0.05) is 10.0 Å². The van der Waals surface area contributed by atoms with Crippen LogP contribution in [0.1, 0.15) is 49.2 Å². The maximum absolute atomic E-state index is 12.6. The van der Waals surface area contributed by atoms with Crippen LogP contribution in [-0.4, -0.2) is 19.1 Å². The van der Waals surface area contributed by atoms with Crippen molar-refractivity contribution in [2.75, 3.05) is 18.5 Å². The molecule has 2 aromatic carbocycles. The molecule has 29 heavy (non-hydrogen) atoms. The Kier molecular flexibility index (Phi) is 10.9. The number of benzene rings is 2. The zero-order chi connectivity index (χ0) is 21.9. The minimum atomic E-state index is -3.19. The lowest BCUT2D eigenvalue weighted by Crippen LogP contribution is -2.13. The number of carbonyl (C=O) groups is 1. The van der Waals surface area contributed by atoms with E-state index in [1.165, 1.54) is 0 Å². The van der Waals surface area contributed by atoms with Crippen LogP contribution in [0.2, 0.25) is 0 Å². The number of halogens is 1. The molecule has 6 nitrogen and oxygen atoms in total. The van der Waals surface area contributed by atoms with E-state index in [2.05, 4.69) is 21.2 Å². The topological polar surface area (TPSA) is 88.4 Å². The van der Waals surface area contributed by atoms with Crippen LogP contribution in [0, 0.1) is 11.3 Å². The highest BCUT2D eigenvalue weighted by Gasteiger charge is 2.24. The lowest BCUT2D eigenvalue weighted by Gasteiger charge is -2.17. The average Bonchev–Trinajstić information content (AvgIpc) is 2.71. The molecule has 8 heteroatoms. The summed E-state index contributed by atoms with van der Waals surface area (Å²) in [7, 11) is -3.19. The van der Waals surface area contributed by atoms with Crippen molar-refractivity contribution >= 4 is 35.1 Å². The molecule has 0 unspecified atom stereocenters. The van der Waals surface area contributed by atoms with Gasteiger partial charge in [-0.2, -0.15) is 5.26 Å². The summed E-state index contributed by atoms with van der Waals surface area (Å²) in [6, 6.07) is 13.8. The van der Waals surface area contributed by atoms with Crippen LogP contribution in [0.4, 0.5) is 5.69 Å². The van der Waals surface area contributed by atoms with Gasteiger partial charge in [-0.1, -0.05) is 41.9 Å². The molecule has 0 atom stereocenters. The molecule has 0 aromatic heterocycles. The van der Waals surface area contributed by atoms with Crippen molar-refractivity contribution in [3.05, 3.63) is 63.6 Å². The molecule has 2 rings (SSSR count). The lowest BCUT2D eigenvalue weighted by atomic mass is 10.1. The zero-order valence-electron chi connectivity index (χ0n) is 17.1. The third-order valence-corrected chi connectivity index (χ3v) is 6.14. The van der Waals surface area contributed by atoms with Crippen LogP contribution >= 0.6 is 23.5 Å². The Morgan fingerprint density at radius 1 is 1.10 bits per heavy atom. The van der Waals surface area contributed by atoms with Crippen LogP contribution in [0.15, 0.2) is 46.9 Å². The molecular weight excluding hydrogens is 455 g/mol. The van der Waals surface area contributed by atoms with Crippen molar-refractivity contribution in [3.63, 3.8) is 0 Å². The summed E-state index contributed by atoms with van der Waals surface area (Å²) >= 11 is 3.30. The maximum atomic E-state index is 12.6. The predicted molar refractivity (Wildman–Crippen MR) is 119 cm³/mol. The molecule has 2 aromatic rings. The van der Waals surface area contributed by atoms with Gasteiger partial charge in [-0.25, -0.2) is 0 Å². The summed E-state index contributed by atoms with van der Waals surface area (Å²) in [5, 5.41) is 11.9. The molecule has 0 aliphatic rings. The number of nitrogens with zero attached hydrogens (tertiary/aromatic N) is 1. The van der Waals surface area contributed by atoms with Crippen LogP contribution in [-0.2, 0) is 19.8 Å². The Balaban J connectivity index is 0.00000204. The van der Waals surface area contributed by atoms with Gasteiger partial charge in [0.15, 0.2) is 0 Å². The smallest absolute Gasteiger partial charge is 0.321 e. The standard InChI is InChI=1S/C19H20BrN2O4P.C2H6/c1-3-25-27(24,26-4-2)13-14-5-7-15(8-6-14)19(23)22-18-10-9-17(20)11-16(18)12-21;1-2/h5-11H,3-4,13H2,1-2H3,(H,22,23);1-2H3. The molecule has 0 heterocycles. The van der Waals surface area contributed by atoms with E-state index < -0.39 is 7.60 Å². The fourth-order valence-electron chi connectivity index (χ4n) is 2.42. The van der Waals surface area contributed by atoms with Crippen molar-refractivity contribution in [3.8, 4) is 6.07 Å². The minimum absolute atomic E-state index is 0.141. The molecule has 0 bridgehead atoms. The number of nitriles is 1. The van der Waals surface area contributed by atoms with E-state index in [0.717, 1.165) is 10.0 Å². The van der Waals surface area contributed by atoms with E-state index in [9.17, 15) is 14.6 Å². The van der Waals surface area contributed by atoms with E-state index >= 15 is 0 Å². The number of hydrogen-bond donors (Lipinski definition) is 1. The van der Waals surface area contributed by atoms with Gasteiger partial charge < -0.3 is 14.4 Å². The monoisotopic (exact) mass is 480 g/mol. The van der Waals surface area contributed by atoms with Gasteiger partial charge in [-0.05, 0) is 49.7 Å². The highest BCUT2D eigenvalue weighted by atomic mass is 79.9. The van der Waals surface area contributed by atoms with E-state index in [1.807, 2.05) is 19.9 Å². The fourth-order valence-corrected chi connectivity index (χ4v) is 4.48. The summed E-state index contributed by atoms with van der Waals surface area (Å²) in [5.41, 5.74) is 1.97. The summed E-state index contributed by atoms with van der Waals surface area (Å²) in [6.07, 6.45) is 0.141. The van der Waals surface area contributed by atoms with Gasteiger partial charge in [0.05, 0.1) is 30.6 Å². The average molecular weight is 481 g/mol. The highest BCUT2D eigenvalue weighted by molar-refractivity contribution is 9.10. The fraction of sp³-hybridized carbons (Fsp3) is 0.333. The zero-order valence-corrected chi connectivity index (χ0v) is 19.5. The second kappa shape index (κ2) is 12.6. The predicted octanol–water partition coefficient (Wildman–Crippen LogP) is 6.37. The maximum Gasteiger partial charge on any atom is 0.335 e. The summed E-state index contributed by atoms with van der Waals surface area (Å²) < 4.78 is 23.9. The van der Waals surface area contributed by atoms with E-state index in [-0.39, 0.29) is 12.1 Å².